The van der Waals surface area contributed by atoms with Gasteiger partial charge in [-0.15, -0.1) is 0 Å². The Morgan fingerprint density at radius 2 is 1.97 bits per heavy atom. The third kappa shape index (κ3) is 4.89. The van der Waals surface area contributed by atoms with Crippen LogP contribution >= 0.6 is 43.5 Å². The van der Waals surface area contributed by atoms with E-state index >= 15 is 0 Å². The van der Waals surface area contributed by atoms with Gasteiger partial charge < -0.3 is 10.6 Å². The maximum absolute atomic E-state index is 13.3. The van der Waals surface area contributed by atoms with Crippen molar-refractivity contribution in [1.29, 1.82) is 0 Å². The number of benzene rings is 1. The van der Waals surface area contributed by atoms with Gasteiger partial charge in [-0.3, -0.25) is 9.59 Å². The van der Waals surface area contributed by atoms with E-state index in [1.807, 2.05) is 19.9 Å². The third-order valence-corrected chi connectivity index (χ3v) is 6.46. The topological polar surface area (TPSA) is 88.9 Å². The zero-order valence-electron chi connectivity index (χ0n) is 17.3. The van der Waals surface area contributed by atoms with Crippen LogP contribution in [-0.4, -0.2) is 32.6 Å². The number of carbonyl (C=O) groups excluding carboxylic acids is 2. The second-order valence-electron chi connectivity index (χ2n) is 7.77. The summed E-state index contributed by atoms with van der Waals surface area (Å²) in [5.74, 6) is 0.167. The van der Waals surface area contributed by atoms with Gasteiger partial charge in [0, 0.05) is 22.8 Å². The second-order valence-corrected chi connectivity index (χ2v) is 9.91. The van der Waals surface area contributed by atoms with Crippen molar-refractivity contribution in [2.75, 3.05) is 5.32 Å². The third-order valence-electron chi connectivity index (χ3n) is 5.32. The van der Waals surface area contributed by atoms with E-state index in [9.17, 15) is 9.59 Å². The van der Waals surface area contributed by atoms with Gasteiger partial charge in [0.15, 0.2) is 5.82 Å². The first-order valence-corrected chi connectivity index (χ1v) is 12.0. The molecule has 1 saturated carbocycles. The van der Waals surface area contributed by atoms with E-state index in [1.165, 1.54) is 4.68 Å². The van der Waals surface area contributed by atoms with E-state index in [0.717, 1.165) is 22.9 Å². The van der Waals surface area contributed by atoms with Crippen LogP contribution in [0.3, 0.4) is 0 Å². The number of rotatable bonds is 6. The van der Waals surface area contributed by atoms with Crippen LogP contribution in [0.15, 0.2) is 45.6 Å². The SMILES string of the molecule is Cc1cc(Br)cc(C(=O)NC(C)C2CC2)c1NC(=O)c1cc(Br)nn1-c1ncccc1Cl. The van der Waals surface area contributed by atoms with E-state index in [-0.39, 0.29) is 17.6 Å². The molecule has 0 bridgehead atoms. The first-order chi connectivity index (χ1) is 15.2. The van der Waals surface area contributed by atoms with Gasteiger partial charge in [0.25, 0.3) is 11.8 Å². The largest absolute Gasteiger partial charge is 0.349 e. The molecule has 2 N–H and O–H groups in total. The van der Waals surface area contributed by atoms with Crippen molar-refractivity contribution in [2.45, 2.75) is 32.7 Å². The quantitative estimate of drug-likeness (QED) is 0.401. The number of aromatic nitrogens is 3. The zero-order chi connectivity index (χ0) is 23.0. The van der Waals surface area contributed by atoms with E-state index in [2.05, 4.69) is 52.6 Å². The van der Waals surface area contributed by atoms with Gasteiger partial charge in [-0.05, 0) is 78.4 Å². The number of pyridine rings is 1. The molecule has 1 aromatic carbocycles. The van der Waals surface area contributed by atoms with Crippen LogP contribution in [0.5, 0.6) is 0 Å². The molecule has 32 heavy (non-hydrogen) atoms. The Hall–Kier alpha value is -2.23. The molecule has 166 valence electrons. The van der Waals surface area contributed by atoms with Crippen molar-refractivity contribution >= 4 is 61.0 Å². The molecule has 1 unspecified atom stereocenters. The summed E-state index contributed by atoms with van der Waals surface area (Å²) >= 11 is 13.0. The molecule has 0 spiro atoms. The Kier molecular flexibility index (Phi) is 6.69. The summed E-state index contributed by atoms with van der Waals surface area (Å²) < 4.78 is 2.57. The maximum Gasteiger partial charge on any atom is 0.274 e. The molecule has 1 aliphatic carbocycles. The van der Waals surface area contributed by atoms with Crippen LogP contribution in [0.25, 0.3) is 5.82 Å². The Bertz CT molecular complexity index is 1210. The van der Waals surface area contributed by atoms with Crippen molar-refractivity contribution in [3.8, 4) is 5.82 Å². The van der Waals surface area contributed by atoms with Crippen molar-refractivity contribution in [3.63, 3.8) is 0 Å². The molecular weight excluding hydrogens is 562 g/mol. The smallest absolute Gasteiger partial charge is 0.274 e. The van der Waals surface area contributed by atoms with Crippen molar-refractivity contribution < 1.29 is 9.59 Å². The summed E-state index contributed by atoms with van der Waals surface area (Å²) in [6.07, 6.45) is 3.82. The fourth-order valence-electron chi connectivity index (χ4n) is 3.47. The van der Waals surface area contributed by atoms with Gasteiger partial charge in [-0.2, -0.15) is 5.10 Å². The number of aryl methyl sites for hydroxylation is 1. The first kappa shape index (κ1) is 22.9. The number of halogens is 3. The number of nitrogens with zero attached hydrogens (tertiary/aromatic N) is 3. The number of hydrogen-bond acceptors (Lipinski definition) is 4. The van der Waals surface area contributed by atoms with E-state index < -0.39 is 5.91 Å². The molecule has 0 saturated heterocycles. The molecule has 0 aliphatic heterocycles. The summed E-state index contributed by atoms with van der Waals surface area (Å²) in [5, 5.41) is 10.6. The van der Waals surface area contributed by atoms with Crippen LogP contribution in [-0.2, 0) is 0 Å². The fourth-order valence-corrected chi connectivity index (χ4v) is 4.62. The molecule has 3 aromatic rings. The molecule has 1 atom stereocenters. The Morgan fingerprint density at radius 1 is 1.22 bits per heavy atom. The van der Waals surface area contributed by atoms with Crippen LogP contribution in [0.2, 0.25) is 5.02 Å². The lowest BCUT2D eigenvalue weighted by atomic mass is 10.1. The van der Waals surface area contributed by atoms with Crippen molar-refractivity contribution in [2.24, 2.45) is 5.92 Å². The number of amides is 2. The Labute approximate surface area is 207 Å². The average molecular weight is 582 g/mol. The van der Waals surface area contributed by atoms with E-state index in [1.54, 1.807) is 30.5 Å². The monoisotopic (exact) mass is 579 g/mol. The minimum atomic E-state index is -0.445. The summed E-state index contributed by atoms with van der Waals surface area (Å²) in [6.45, 7) is 3.84. The van der Waals surface area contributed by atoms with Crippen molar-refractivity contribution in [3.05, 3.63) is 67.4 Å². The molecule has 4 rings (SSSR count). The van der Waals surface area contributed by atoms with E-state index in [0.29, 0.717) is 32.6 Å². The molecule has 0 radical (unpaired) electrons. The molecule has 7 nitrogen and oxygen atoms in total. The maximum atomic E-state index is 13.3. The highest BCUT2D eigenvalue weighted by Crippen LogP contribution is 2.33. The summed E-state index contributed by atoms with van der Waals surface area (Å²) in [4.78, 5) is 30.5. The highest BCUT2D eigenvalue weighted by Gasteiger charge is 2.30. The molecule has 2 amide bonds. The average Bonchev–Trinajstić information content (AvgIpc) is 3.52. The number of nitrogens with one attached hydrogen (secondary N) is 2. The van der Waals surface area contributed by atoms with Crippen LogP contribution in [0.1, 0.15) is 46.2 Å². The van der Waals surface area contributed by atoms with Gasteiger partial charge in [0.2, 0.25) is 0 Å². The van der Waals surface area contributed by atoms with Crippen LogP contribution in [0, 0.1) is 12.8 Å². The normalized spacial score (nSPS) is 14.2. The minimum Gasteiger partial charge on any atom is -0.349 e. The molecule has 1 aliphatic rings. The zero-order valence-corrected chi connectivity index (χ0v) is 21.3. The molecule has 2 heterocycles. The van der Waals surface area contributed by atoms with Crippen molar-refractivity contribution in [1.82, 2.24) is 20.1 Å². The van der Waals surface area contributed by atoms with Gasteiger partial charge in [-0.25, -0.2) is 9.67 Å². The van der Waals surface area contributed by atoms with Crippen LogP contribution < -0.4 is 10.6 Å². The fraction of sp³-hybridized carbons (Fsp3) is 0.273. The van der Waals surface area contributed by atoms with E-state index in [4.69, 9.17) is 11.6 Å². The highest BCUT2D eigenvalue weighted by molar-refractivity contribution is 9.10. The highest BCUT2D eigenvalue weighted by atomic mass is 79.9. The van der Waals surface area contributed by atoms with Gasteiger partial charge in [0.05, 0.1) is 16.3 Å². The van der Waals surface area contributed by atoms with Gasteiger partial charge >= 0.3 is 0 Å². The molecular formula is C22H20Br2ClN5O2. The lowest BCUT2D eigenvalue weighted by Crippen LogP contribution is -2.34. The predicted octanol–water partition coefficient (Wildman–Crippen LogP) is 5.53. The second kappa shape index (κ2) is 9.33. The lowest BCUT2D eigenvalue weighted by molar-refractivity contribution is 0.0936. The first-order valence-electron chi connectivity index (χ1n) is 10.0. The standard InChI is InChI=1S/C22H20Br2ClN5O2/c1-11-8-14(23)9-15(21(31)27-12(2)13-5-6-13)19(11)28-22(32)17-10-18(24)29-30(17)20-16(25)4-3-7-26-20/h3-4,7-10,12-13H,5-6H2,1-2H3,(H,27,31)(H,28,32). The summed E-state index contributed by atoms with van der Waals surface area (Å²) in [6, 6.07) is 8.57. The Morgan fingerprint density at radius 3 is 2.66 bits per heavy atom. The van der Waals surface area contributed by atoms with Gasteiger partial charge in [0.1, 0.15) is 10.3 Å². The predicted molar refractivity (Wildman–Crippen MR) is 131 cm³/mol. The summed E-state index contributed by atoms with van der Waals surface area (Å²) in [7, 11) is 0. The van der Waals surface area contributed by atoms with Gasteiger partial charge in [-0.1, -0.05) is 27.5 Å². The minimum absolute atomic E-state index is 0.0778. The molecule has 10 heteroatoms. The molecule has 1 fully saturated rings. The molecule has 2 aromatic heterocycles. The number of hydrogen-bond donors (Lipinski definition) is 2. The number of carbonyl (C=O) groups is 2. The Balaban J connectivity index is 1.67. The summed E-state index contributed by atoms with van der Waals surface area (Å²) in [5.41, 5.74) is 1.80. The number of anilines is 1. The van der Waals surface area contributed by atoms with Crippen LogP contribution in [0.4, 0.5) is 5.69 Å². The lowest BCUT2D eigenvalue weighted by Gasteiger charge is -2.18.